The minimum absolute atomic E-state index is 0.0732. The van der Waals surface area contributed by atoms with Crippen LogP contribution in [-0.2, 0) is 16.1 Å². The first kappa shape index (κ1) is 21.6. The normalized spacial score (nSPS) is 17.6. The Bertz CT molecular complexity index is 1070. The van der Waals surface area contributed by atoms with E-state index in [4.69, 9.17) is 30.5 Å². The molecule has 3 aromatic rings. The largest absolute Gasteiger partial charge is 0.493 e. The second-order valence-corrected chi connectivity index (χ2v) is 7.48. The summed E-state index contributed by atoms with van der Waals surface area (Å²) in [6.45, 7) is 0.199. The van der Waals surface area contributed by atoms with Gasteiger partial charge in [0.05, 0.1) is 19.9 Å². The molecule has 0 bridgehead atoms. The monoisotopic (exact) mass is 445 g/mol. The van der Waals surface area contributed by atoms with Crippen molar-refractivity contribution in [3.05, 3.63) is 64.2 Å². The number of methoxy groups -OCH3 is 3. The third kappa shape index (κ3) is 3.87. The van der Waals surface area contributed by atoms with E-state index in [0.717, 1.165) is 16.8 Å². The molecule has 0 fully saturated rings. The summed E-state index contributed by atoms with van der Waals surface area (Å²) in [7, 11) is 4.79. The van der Waals surface area contributed by atoms with Gasteiger partial charge in [0, 0.05) is 36.3 Å². The van der Waals surface area contributed by atoms with Gasteiger partial charge in [0.2, 0.25) is 0 Å². The van der Waals surface area contributed by atoms with E-state index in [1.807, 2.05) is 41.0 Å². The number of aromatic nitrogens is 3. The van der Waals surface area contributed by atoms with Gasteiger partial charge in [-0.15, -0.1) is 10.2 Å². The fraction of sp³-hybridized carbons (Fsp3) is 0.364. The Balaban J connectivity index is 1.98. The molecule has 31 heavy (non-hydrogen) atoms. The van der Waals surface area contributed by atoms with E-state index in [1.165, 1.54) is 0 Å². The van der Waals surface area contributed by atoms with Crippen molar-refractivity contribution in [2.24, 2.45) is 0 Å². The first-order valence-electron chi connectivity index (χ1n) is 9.83. The van der Waals surface area contributed by atoms with Crippen LogP contribution in [0.3, 0.4) is 0 Å². The van der Waals surface area contributed by atoms with Crippen LogP contribution in [0.25, 0.3) is 5.69 Å². The lowest BCUT2D eigenvalue weighted by Crippen LogP contribution is -2.14. The van der Waals surface area contributed by atoms with Gasteiger partial charge >= 0.3 is 0 Å². The predicted molar refractivity (Wildman–Crippen MR) is 114 cm³/mol. The van der Waals surface area contributed by atoms with Crippen LogP contribution >= 0.6 is 11.6 Å². The molecule has 1 unspecified atom stereocenters. The van der Waals surface area contributed by atoms with Gasteiger partial charge in [0.25, 0.3) is 0 Å². The molecule has 2 aromatic carbocycles. The van der Waals surface area contributed by atoms with Gasteiger partial charge in [-0.3, -0.25) is 4.57 Å². The summed E-state index contributed by atoms with van der Waals surface area (Å²) in [4.78, 5) is 0. The van der Waals surface area contributed by atoms with Crippen LogP contribution < -0.4 is 9.47 Å². The van der Waals surface area contributed by atoms with Gasteiger partial charge in [-0.2, -0.15) is 0 Å². The number of aliphatic hydroxyl groups excluding tert-OH is 1. The number of halogens is 1. The molecule has 0 aliphatic carbocycles. The molecule has 1 N–H and O–H groups in total. The Kier molecular flexibility index (Phi) is 6.43. The number of hydrogen-bond acceptors (Lipinski definition) is 7. The smallest absolute Gasteiger partial charge is 0.167 e. The van der Waals surface area contributed by atoms with Gasteiger partial charge < -0.3 is 24.1 Å². The number of hydrogen-bond donors (Lipinski definition) is 1. The predicted octanol–water partition coefficient (Wildman–Crippen LogP) is 3.63. The molecule has 4 rings (SSSR count). The average Bonchev–Trinajstić information content (AvgIpc) is 3.14. The molecule has 2 heterocycles. The fourth-order valence-corrected chi connectivity index (χ4v) is 4.12. The molecule has 1 aromatic heterocycles. The highest BCUT2D eigenvalue weighted by Crippen LogP contribution is 2.46. The minimum Gasteiger partial charge on any atom is -0.493 e. The number of para-hydroxylation sites is 1. The Morgan fingerprint density at radius 1 is 1.10 bits per heavy atom. The van der Waals surface area contributed by atoms with E-state index >= 15 is 0 Å². The lowest BCUT2D eigenvalue weighted by molar-refractivity contribution is -0.00989. The summed E-state index contributed by atoms with van der Waals surface area (Å²) in [5, 5.41) is 18.9. The molecule has 0 amide bonds. The number of rotatable bonds is 7. The topological polar surface area (TPSA) is 87.9 Å². The van der Waals surface area contributed by atoms with Crippen molar-refractivity contribution in [2.75, 3.05) is 27.9 Å². The second kappa shape index (κ2) is 9.23. The molecule has 1 aliphatic heterocycles. The third-order valence-electron chi connectivity index (χ3n) is 5.24. The van der Waals surface area contributed by atoms with Crippen molar-refractivity contribution in [1.82, 2.24) is 14.8 Å². The van der Waals surface area contributed by atoms with Gasteiger partial charge in [0.1, 0.15) is 18.8 Å². The first-order valence-corrected chi connectivity index (χ1v) is 10.2. The van der Waals surface area contributed by atoms with E-state index in [2.05, 4.69) is 10.2 Å². The van der Waals surface area contributed by atoms with Crippen LogP contribution in [0.5, 0.6) is 11.5 Å². The highest BCUT2D eigenvalue weighted by atomic mass is 35.5. The standard InChI is InChI=1S/C22H24ClN3O5/c1-28-12-19-24-25-22-18(9-10-27)31-20(14-5-4-6-17(29-2)21(14)30-3)15-11-13(23)7-8-16(15)26(19)22/h4-8,11,18,20,27H,9-10,12H2,1-3H3/t18?,20-/m0/s1. The molecule has 8 nitrogen and oxygen atoms in total. The van der Waals surface area contributed by atoms with E-state index in [9.17, 15) is 5.11 Å². The summed E-state index contributed by atoms with van der Waals surface area (Å²) in [6, 6.07) is 11.2. The fourth-order valence-electron chi connectivity index (χ4n) is 3.94. The molecule has 0 saturated heterocycles. The maximum absolute atomic E-state index is 9.72. The molecule has 0 spiro atoms. The quantitative estimate of drug-likeness (QED) is 0.594. The Morgan fingerprint density at radius 2 is 1.94 bits per heavy atom. The van der Waals surface area contributed by atoms with Crippen LogP contribution in [-0.4, -0.2) is 47.8 Å². The third-order valence-corrected chi connectivity index (χ3v) is 5.47. The van der Waals surface area contributed by atoms with Crippen LogP contribution in [0.15, 0.2) is 36.4 Å². The van der Waals surface area contributed by atoms with Crippen molar-refractivity contribution in [3.8, 4) is 17.2 Å². The highest BCUT2D eigenvalue weighted by Gasteiger charge is 2.35. The van der Waals surface area contributed by atoms with E-state index in [0.29, 0.717) is 34.6 Å². The van der Waals surface area contributed by atoms with Gasteiger partial charge in [0.15, 0.2) is 23.1 Å². The SMILES string of the molecule is COCc1nnc2n1-c1ccc(Cl)cc1[C@H](c1cccc(OC)c1OC)OC2CCO. The summed E-state index contributed by atoms with van der Waals surface area (Å²) < 4.78 is 25.0. The molecular formula is C22H24ClN3O5. The number of aliphatic hydroxyl groups is 1. The summed E-state index contributed by atoms with van der Waals surface area (Å²) in [6.07, 6.45) is -0.724. The molecule has 0 radical (unpaired) electrons. The number of benzene rings is 2. The number of ether oxygens (including phenoxy) is 4. The maximum Gasteiger partial charge on any atom is 0.167 e. The molecule has 1 aliphatic rings. The number of fused-ring (bicyclic) bond motifs is 3. The van der Waals surface area contributed by atoms with Crippen molar-refractivity contribution >= 4 is 11.6 Å². The van der Waals surface area contributed by atoms with E-state index < -0.39 is 12.2 Å². The summed E-state index contributed by atoms with van der Waals surface area (Å²) in [5.41, 5.74) is 2.42. The van der Waals surface area contributed by atoms with E-state index in [1.54, 1.807) is 21.3 Å². The van der Waals surface area contributed by atoms with Crippen LogP contribution in [0.1, 0.15) is 41.4 Å². The lowest BCUT2D eigenvalue weighted by Gasteiger charge is -2.24. The molecule has 2 atom stereocenters. The van der Waals surface area contributed by atoms with Crippen LogP contribution in [0, 0.1) is 0 Å². The van der Waals surface area contributed by atoms with Crippen LogP contribution in [0.4, 0.5) is 0 Å². The average molecular weight is 446 g/mol. The molecular weight excluding hydrogens is 422 g/mol. The lowest BCUT2D eigenvalue weighted by atomic mass is 9.98. The van der Waals surface area contributed by atoms with Crippen molar-refractivity contribution in [3.63, 3.8) is 0 Å². The van der Waals surface area contributed by atoms with Gasteiger partial charge in [-0.1, -0.05) is 23.7 Å². The second-order valence-electron chi connectivity index (χ2n) is 7.05. The van der Waals surface area contributed by atoms with Crippen LogP contribution in [0.2, 0.25) is 5.02 Å². The highest BCUT2D eigenvalue weighted by molar-refractivity contribution is 6.30. The van der Waals surface area contributed by atoms with E-state index in [-0.39, 0.29) is 13.2 Å². The van der Waals surface area contributed by atoms with Gasteiger partial charge in [-0.05, 0) is 24.3 Å². The Hall–Kier alpha value is -2.65. The van der Waals surface area contributed by atoms with Crippen molar-refractivity contribution in [2.45, 2.75) is 25.2 Å². The summed E-state index contributed by atoms with van der Waals surface area (Å²) >= 11 is 6.40. The number of nitrogens with zero attached hydrogens (tertiary/aromatic N) is 3. The first-order chi connectivity index (χ1) is 15.1. The molecule has 164 valence electrons. The van der Waals surface area contributed by atoms with Gasteiger partial charge in [-0.25, -0.2) is 0 Å². The Labute approximate surface area is 185 Å². The maximum atomic E-state index is 9.72. The zero-order chi connectivity index (χ0) is 22.0. The zero-order valence-electron chi connectivity index (χ0n) is 17.5. The minimum atomic E-state index is -0.549. The van der Waals surface area contributed by atoms with Crippen molar-refractivity contribution in [1.29, 1.82) is 0 Å². The zero-order valence-corrected chi connectivity index (χ0v) is 18.3. The Morgan fingerprint density at radius 3 is 2.65 bits per heavy atom. The molecule has 0 saturated carbocycles. The summed E-state index contributed by atoms with van der Waals surface area (Å²) in [5.74, 6) is 2.38. The van der Waals surface area contributed by atoms with Crippen molar-refractivity contribution < 1.29 is 24.1 Å². The molecule has 9 heteroatoms.